The van der Waals surface area contributed by atoms with Crippen molar-refractivity contribution in [2.45, 2.75) is 31.0 Å². The van der Waals surface area contributed by atoms with Crippen molar-refractivity contribution in [2.24, 2.45) is 0 Å². The Bertz CT molecular complexity index is 845. The summed E-state index contributed by atoms with van der Waals surface area (Å²) in [7, 11) is 0. The van der Waals surface area contributed by atoms with Crippen molar-refractivity contribution in [3.8, 4) is 5.75 Å². The van der Waals surface area contributed by atoms with Gasteiger partial charge in [0.25, 0.3) is 0 Å². The molecule has 25 heavy (non-hydrogen) atoms. The summed E-state index contributed by atoms with van der Waals surface area (Å²) in [6.07, 6.45) is 1.84. The molecule has 0 unspecified atom stereocenters. The molecule has 3 rings (SSSR count). The normalized spacial score (nSPS) is 10.8. The number of hydrogen-bond acceptors (Lipinski definition) is 6. The number of benzene rings is 1. The Hall–Kier alpha value is -1.83. The van der Waals surface area contributed by atoms with Gasteiger partial charge in [0.15, 0.2) is 5.16 Å². The number of ether oxygens (including phenoxy) is 1. The molecule has 0 aliphatic heterocycles. The molecule has 130 valence electrons. The van der Waals surface area contributed by atoms with Crippen molar-refractivity contribution in [3.05, 3.63) is 63.8 Å². The van der Waals surface area contributed by atoms with E-state index in [1.807, 2.05) is 41.8 Å². The fourth-order valence-electron chi connectivity index (χ4n) is 2.10. The zero-order valence-electron chi connectivity index (χ0n) is 13.7. The number of aryl methyl sites for hydroxylation is 1. The van der Waals surface area contributed by atoms with Crippen LogP contribution in [0.5, 0.6) is 5.75 Å². The molecule has 0 atom stereocenters. The van der Waals surface area contributed by atoms with E-state index in [2.05, 4.69) is 27.1 Å². The lowest BCUT2D eigenvalue weighted by Crippen LogP contribution is -2.00. The Morgan fingerprint density at radius 2 is 2.12 bits per heavy atom. The summed E-state index contributed by atoms with van der Waals surface area (Å²) in [6, 6.07) is 7.31. The van der Waals surface area contributed by atoms with Crippen LogP contribution in [0.1, 0.15) is 16.5 Å². The van der Waals surface area contributed by atoms with Gasteiger partial charge in [-0.3, -0.25) is 0 Å². The van der Waals surface area contributed by atoms with Crippen LogP contribution in [0.25, 0.3) is 0 Å². The number of nitrogens with zero attached hydrogens (tertiary/aromatic N) is 4. The molecule has 0 aliphatic rings. The Balaban J connectivity index is 1.55. The maximum atomic E-state index is 5.86. The zero-order valence-corrected chi connectivity index (χ0v) is 16.1. The standard InChI is InChI=1S/C17H17ClN4OS2/c1-3-8-22-12(2)20-21-17(22)25-11-14-10-24-16(19-14)9-23-15-6-4-13(18)5-7-15/h3-7,10H,1,8-9,11H2,2H3. The summed E-state index contributed by atoms with van der Waals surface area (Å²) in [5.41, 5.74) is 1.01. The van der Waals surface area contributed by atoms with Crippen molar-refractivity contribution in [1.29, 1.82) is 0 Å². The molecule has 0 saturated carbocycles. The molecule has 0 radical (unpaired) electrons. The first-order valence-corrected chi connectivity index (χ1v) is 9.85. The van der Waals surface area contributed by atoms with Crippen molar-refractivity contribution in [3.63, 3.8) is 0 Å². The van der Waals surface area contributed by atoms with E-state index in [1.165, 1.54) is 0 Å². The molecule has 0 aliphatic carbocycles. The van der Waals surface area contributed by atoms with E-state index >= 15 is 0 Å². The first kappa shape index (κ1) is 18.0. The fraction of sp³-hybridized carbons (Fsp3) is 0.235. The average Bonchev–Trinajstić information content (AvgIpc) is 3.20. The fourth-order valence-corrected chi connectivity index (χ4v) is 3.93. The Morgan fingerprint density at radius 3 is 2.88 bits per heavy atom. The van der Waals surface area contributed by atoms with E-state index < -0.39 is 0 Å². The average molecular weight is 393 g/mol. The maximum absolute atomic E-state index is 5.86. The quantitative estimate of drug-likeness (QED) is 0.409. The van der Waals surface area contributed by atoms with Crippen LogP contribution in [0.4, 0.5) is 0 Å². The van der Waals surface area contributed by atoms with E-state index in [1.54, 1.807) is 23.1 Å². The predicted molar refractivity (Wildman–Crippen MR) is 102 cm³/mol. The van der Waals surface area contributed by atoms with Crippen molar-refractivity contribution >= 4 is 34.7 Å². The van der Waals surface area contributed by atoms with Gasteiger partial charge in [0, 0.05) is 22.7 Å². The zero-order chi connectivity index (χ0) is 17.6. The van der Waals surface area contributed by atoms with Gasteiger partial charge >= 0.3 is 0 Å². The van der Waals surface area contributed by atoms with Crippen LogP contribution in [0.2, 0.25) is 5.02 Å². The maximum Gasteiger partial charge on any atom is 0.191 e. The summed E-state index contributed by atoms with van der Waals surface area (Å²) >= 11 is 9.08. The van der Waals surface area contributed by atoms with E-state index in [-0.39, 0.29) is 0 Å². The molecule has 0 fully saturated rings. The number of aromatic nitrogens is 4. The molecule has 5 nitrogen and oxygen atoms in total. The van der Waals surface area contributed by atoms with Crippen molar-refractivity contribution < 1.29 is 4.74 Å². The molecule has 0 N–H and O–H groups in total. The number of rotatable bonds is 8. The first-order chi connectivity index (χ1) is 12.2. The summed E-state index contributed by atoms with van der Waals surface area (Å²) in [6.45, 7) is 6.87. The lowest BCUT2D eigenvalue weighted by atomic mass is 10.3. The molecular weight excluding hydrogens is 376 g/mol. The Kier molecular flexibility index (Phi) is 6.12. The van der Waals surface area contributed by atoms with E-state index in [4.69, 9.17) is 16.3 Å². The van der Waals surface area contributed by atoms with Crippen LogP contribution >= 0.6 is 34.7 Å². The second-order valence-electron chi connectivity index (χ2n) is 5.19. The van der Waals surface area contributed by atoms with Gasteiger partial charge in [-0.05, 0) is 31.2 Å². The van der Waals surface area contributed by atoms with E-state index in [0.29, 0.717) is 18.2 Å². The first-order valence-electron chi connectivity index (χ1n) is 7.61. The van der Waals surface area contributed by atoms with Gasteiger partial charge in [0.2, 0.25) is 0 Å². The number of thioether (sulfide) groups is 1. The largest absolute Gasteiger partial charge is 0.486 e. The summed E-state index contributed by atoms with van der Waals surface area (Å²) in [4.78, 5) is 4.61. The highest BCUT2D eigenvalue weighted by Gasteiger charge is 2.10. The molecule has 8 heteroatoms. The Morgan fingerprint density at radius 1 is 1.32 bits per heavy atom. The summed E-state index contributed by atoms with van der Waals surface area (Å²) in [5.74, 6) is 2.41. The number of halogens is 1. The van der Waals surface area contributed by atoms with Gasteiger partial charge in [0.05, 0.1) is 5.69 Å². The minimum atomic E-state index is 0.447. The molecule has 2 aromatic heterocycles. The number of thiazole rings is 1. The minimum Gasteiger partial charge on any atom is -0.486 e. The molecule has 0 bridgehead atoms. The lowest BCUT2D eigenvalue weighted by molar-refractivity contribution is 0.305. The lowest BCUT2D eigenvalue weighted by Gasteiger charge is -2.04. The van der Waals surface area contributed by atoms with Gasteiger partial charge in [-0.15, -0.1) is 28.1 Å². The van der Waals surface area contributed by atoms with Crippen LogP contribution < -0.4 is 4.74 Å². The highest BCUT2D eigenvalue weighted by atomic mass is 35.5. The van der Waals surface area contributed by atoms with Crippen LogP contribution in [0, 0.1) is 6.92 Å². The van der Waals surface area contributed by atoms with Crippen LogP contribution in [-0.2, 0) is 18.9 Å². The van der Waals surface area contributed by atoms with Gasteiger partial charge in [-0.1, -0.05) is 29.4 Å². The third kappa shape index (κ3) is 4.84. The molecule has 3 aromatic rings. The third-order valence-corrected chi connectivity index (χ3v) is 5.46. The monoisotopic (exact) mass is 392 g/mol. The van der Waals surface area contributed by atoms with Gasteiger partial charge in [-0.25, -0.2) is 4.98 Å². The predicted octanol–water partition coefficient (Wildman–Crippen LogP) is 4.75. The third-order valence-electron chi connectivity index (χ3n) is 3.34. The highest BCUT2D eigenvalue weighted by molar-refractivity contribution is 7.98. The van der Waals surface area contributed by atoms with Crippen molar-refractivity contribution in [2.75, 3.05) is 0 Å². The number of hydrogen-bond donors (Lipinski definition) is 0. The second-order valence-corrected chi connectivity index (χ2v) is 7.51. The van der Waals surface area contributed by atoms with E-state index in [9.17, 15) is 0 Å². The van der Waals surface area contributed by atoms with Crippen LogP contribution in [0.3, 0.4) is 0 Å². The van der Waals surface area contributed by atoms with Crippen LogP contribution in [0.15, 0.2) is 47.5 Å². The van der Waals surface area contributed by atoms with E-state index in [0.717, 1.165) is 33.2 Å². The topological polar surface area (TPSA) is 52.8 Å². The second kappa shape index (κ2) is 8.51. The molecule has 0 amide bonds. The molecule has 1 aromatic carbocycles. The molecule has 0 spiro atoms. The summed E-state index contributed by atoms with van der Waals surface area (Å²) in [5, 5.41) is 12.9. The smallest absolute Gasteiger partial charge is 0.191 e. The molecule has 0 saturated heterocycles. The van der Waals surface area contributed by atoms with Crippen LogP contribution in [-0.4, -0.2) is 19.7 Å². The minimum absolute atomic E-state index is 0.447. The highest BCUT2D eigenvalue weighted by Crippen LogP contribution is 2.24. The Labute approximate surface area is 159 Å². The number of allylic oxidation sites excluding steroid dienone is 1. The van der Waals surface area contributed by atoms with Gasteiger partial charge < -0.3 is 9.30 Å². The van der Waals surface area contributed by atoms with Crippen molar-refractivity contribution in [1.82, 2.24) is 19.7 Å². The van der Waals surface area contributed by atoms with Gasteiger partial charge in [0.1, 0.15) is 23.2 Å². The molecule has 2 heterocycles. The summed E-state index contributed by atoms with van der Waals surface area (Å²) < 4.78 is 7.76. The SMILES string of the molecule is C=CCn1c(C)nnc1SCc1csc(COc2ccc(Cl)cc2)n1. The van der Waals surface area contributed by atoms with Gasteiger partial charge in [-0.2, -0.15) is 0 Å². The molecular formula is C17H17ClN4OS2.